The maximum absolute atomic E-state index is 14.4. The van der Waals surface area contributed by atoms with E-state index in [1.807, 2.05) is 31.2 Å². The average Bonchev–Trinajstić information content (AvgIpc) is 2.83. The molecule has 6 nitrogen and oxygen atoms in total. The molecular weight excluding hydrogens is 662 g/mol. The van der Waals surface area contributed by atoms with Crippen LogP contribution >= 0.6 is 50.7 Å². The SMILES string of the molecule is CCOc1cc(/C=C2\C(=O)NC(=S)N(c3ccccc3F)C2=O)cc(I)c1OCc1ccc(Br)cc1. The van der Waals surface area contributed by atoms with Gasteiger partial charge in [-0.15, -0.1) is 0 Å². The molecule has 1 aliphatic heterocycles. The highest BCUT2D eigenvalue weighted by molar-refractivity contribution is 14.1. The van der Waals surface area contributed by atoms with Crippen LogP contribution in [-0.4, -0.2) is 23.5 Å². The van der Waals surface area contributed by atoms with E-state index in [2.05, 4.69) is 43.8 Å². The fourth-order valence-corrected chi connectivity index (χ4v) is 4.81. The van der Waals surface area contributed by atoms with Crippen LogP contribution in [0.15, 0.2) is 70.7 Å². The first-order valence-electron chi connectivity index (χ1n) is 10.8. The highest BCUT2D eigenvalue weighted by Gasteiger charge is 2.35. The molecule has 0 atom stereocenters. The lowest BCUT2D eigenvalue weighted by Crippen LogP contribution is -2.54. The molecule has 3 aromatic carbocycles. The van der Waals surface area contributed by atoms with E-state index in [4.69, 9.17) is 21.7 Å². The Labute approximate surface area is 234 Å². The summed E-state index contributed by atoms with van der Waals surface area (Å²) in [6, 6.07) is 17.0. The zero-order valence-electron chi connectivity index (χ0n) is 18.9. The average molecular weight is 681 g/mol. The van der Waals surface area contributed by atoms with Crippen molar-refractivity contribution in [3.8, 4) is 11.5 Å². The molecule has 0 bridgehead atoms. The van der Waals surface area contributed by atoms with E-state index in [0.29, 0.717) is 30.3 Å². The third-order valence-corrected chi connectivity index (χ3v) is 6.75. The molecule has 0 saturated carbocycles. The van der Waals surface area contributed by atoms with Gasteiger partial charge in [0.25, 0.3) is 11.8 Å². The van der Waals surface area contributed by atoms with Crippen LogP contribution in [0.1, 0.15) is 18.1 Å². The minimum atomic E-state index is -0.725. The predicted octanol–water partition coefficient (Wildman–Crippen LogP) is 6.00. The minimum absolute atomic E-state index is 0.0420. The number of nitrogens with one attached hydrogen (secondary N) is 1. The van der Waals surface area contributed by atoms with Gasteiger partial charge >= 0.3 is 0 Å². The second-order valence-corrected chi connectivity index (χ2v) is 10.1. The molecule has 0 aliphatic carbocycles. The van der Waals surface area contributed by atoms with Crippen LogP contribution in [-0.2, 0) is 16.2 Å². The van der Waals surface area contributed by atoms with Gasteiger partial charge in [0.1, 0.15) is 18.0 Å². The summed E-state index contributed by atoms with van der Waals surface area (Å²) in [7, 11) is 0. The van der Waals surface area contributed by atoms with Gasteiger partial charge in [0.15, 0.2) is 16.6 Å². The number of hydrogen-bond donors (Lipinski definition) is 1. The van der Waals surface area contributed by atoms with E-state index in [-0.39, 0.29) is 16.4 Å². The Morgan fingerprint density at radius 1 is 1.11 bits per heavy atom. The lowest BCUT2D eigenvalue weighted by Gasteiger charge is -2.29. The van der Waals surface area contributed by atoms with Gasteiger partial charge < -0.3 is 9.47 Å². The van der Waals surface area contributed by atoms with Crippen LogP contribution < -0.4 is 19.7 Å². The van der Waals surface area contributed by atoms with Crippen molar-refractivity contribution in [2.75, 3.05) is 11.5 Å². The van der Waals surface area contributed by atoms with Crippen molar-refractivity contribution in [2.45, 2.75) is 13.5 Å². The largest absolute Gasteiger partial charge is 0.490 e. The fraction of sp³-hybridized carbons (Fsp3) is 0.115. The van der Waals surface area contributed by atoms with Gasteiger partial charge in [-0.1, -0.05) is 40.2 Å². The quantitative estimate of drug-likeness (QED) is 0.144. The second-order valence-electron chi connectivity index (χ2n) is 7.59. The number of thiocarbonyl (C=S) groups is 1. The minimum Gasteiger partial charge on any atom is -0.490 e. The lowest BCUT2D eigenvalue weighted by atomic mass is 10.1. The van der Waals surface area contributed by atoms with E-state index in [0.717, 1.165) is 18.5 Å². The summed E-state index contributed by atoms with van der Waals surface area (Å²) in [5.74, 6) is -1.00. The van der Waals surface area contributed by atoms with Crippen LogP contribution in [0.5, 0.6) is 11.5 Å². The van der Waals surface area contributed by atoms with Crippen molar-refractivity contribution in [3.63, 3.8) is 0 Å². The smallest absolute Gasteiger partial charge is 0.270 e. The van der Waals surface area contributed by atoms with Gasteiger partial charge in [0.2, 0.25) is 0 Å². The number of ether oxygens (including phenoxy) is 2. The molecule has 1 fully saturated rings. The number of carbonyl (C=O) groups excluding carboxylic acids is 2. The summed E-state index contributed by atoms with van der Waals surface area (Å²) in [5, 5.41) is 2.28. The Balaban J connectivity index is 1.66. The van der Waals surface area contributed by atoms with Crippen molar-refractivity contribution in [1.82, 2.24) is 5.32 Å². The zero-order valence-corrected chi connectivity index (χ0v) is 23.4. The molecule has 4 rings (SSSR count). The van der Waals surface area contributed by atoms with Crippen molar-refractivity contribution in [2.24, 2.45) is 0 Å². The first-order chi connectivity index (χ1) is 17.3. The Morgan fingerprint density at radius 3 is 2.53 bits per heavy atom. The van der Waals surface area contributed by atoms with Crippen LogP contribution in [0.2, 0.25) is 0 Å². The number of para-hydroxylation sites is 1. The Hall–Kier alpha value is -2.83. The molecular formula is C26H19BrFIN2O4S. The standard InChI is InChI=1S/C26H19BrFIN2O4S/c1-2-34-22-13-16(12-20(29)23(22)35-14-15-7-9-17(27)10-8-15)11-18-24(32)30-26(36)31(25(18)33)21-6-4-3-5-19(21)28/h3-13H,2,14H2,1H3,(H,30,32,36)/b18-11+. The predicted molar refractivity (Wildman–Crippen MR) is 151 cm³/mol. The molecule has 0 unspecified atom stereocenters. The monoisotopic (exact) mass is 680 g/mol. The van der Waals surface area contributed by atoms with Gasteiger partial charge in [0.05, 0.1) is 15.9 Å². The molecule has 1 N–H and O–H groups in total. The normalized spacial score (nSPS) is 14.7. The number of benzene rings is 3. The van der Waals surface area contributed by atoms with Crippen LogP contribution in [0.4, 0.5) is 10.1 Å². The van der Waals surface area contributed by atoms with Gasteiger partial charge in [-0.3, -0.25) is 14.9 Å². The zero-order chi connectivity index (χ0) is 25.8. The van der Waals surface area contributed by atoms with E-state index in [1.54, 1.807) is 18.2 Å². The number of anilines is 1. The number of carbonyl (C=O) groups is 2. The number of hydrogen-bond acceptors (Lipinski definition) is 5. The topological polar surface area (TPSA) is 67.9 Å². The van der Waals surface area contributed by atoms with Gasteiger partial charge in [-0.2, -0.15) is 0 Å². The van der Waals surface area contributed by atoms with Crippen LogP contribution in [0.25, 0.3) is 6.08 Å². The maximum Gasteiger partial charge on any atom is 0.270 e. The highest BCUT2D eigenvalue weighted by Crippen LogP contribution is 2.36. The fourth-order valence-electron chi connectivity index (χ4n) is 3.49. The molecule has 3 aromatic rings. The summed E-state index contributed by atoms with van der Waals surface area (Å²) >= 11 is 10.7. The summed E-state index contributed by atoms with van der Waals surface area (Å²) in [6.45, 7) is 2.57. The van der Waals surface area contributed by atoms with Crippen molar-refractivity contribution >= 4 is 79.4 Å². The Morgan fingerprint density at radius 2 is 1.83 bits per heavy atom. The first kappa shape index (κ1) is 26.2. The summed E-state index contributed by atoms with van der Waals surface area (Å²) < 4.78 is 28.0. The van der Waals surface area contributed by atoms with E-state index >= 15 is 0 Å². The first-order valence-corrected chi connectivity index (χ1v) is 13.1. The molecule has 0 radical (unpaired) electrons. The summed E-state index contributed by atoms with van der Waals surface area (Å²) in [4.78, 5) is 26.9. The number of amides is 2. The summed E-state index contributed by atoms with van der Waals surface area (Å²) in [5.41, 5.74) is 1.29. The third kappa shape index (κ3) is 5.76. The second kappa shape index (κ2) is 11.5. The number of nitrogens with zero attached hydrogens (tertiary/aromatic N) is 1. The molecule has 2 amide bonds. The molecule has 184 valence electrons. The number of rotatable bonds is 7. The molecule has 10 heteroatoms. The van der Waals surface area contributed by atoms with E-state index in [9.17, 15) is 14.0 Å². The Bertz CT molecular complexity index is 1380. The van der Waals surface area contributed by atoms with Gasteiger partial charge in [-0.25, -0.2) is 9.29 Å². The molecule has 1 aliphatic rings. The van der Waals surface area contributed by atoms with E-state index in [1.165, 1.54) is 24.3 Å². The highest BCUT2D eigenvalue weighted by atomic mass is 127. The molecule has 1 saturated heterocycles. The van der Waals surface area contributed by atoms with Gasteiger partial charge in [0, 0.05) is 4.47 Å². The molecule has 0 spiro atoms. The Kier molecular flexibility index (Phi) is 8.37. The van der Waals surface area contributed by atoms with E-state index < -0.39 is 17.6 Å². The molecule has 36 heavy (non-hydrogen) atoms. The van der Waals surface area contributed by atoms with Crippen molar-refractivity contribution in [1.29, 1.82) is 0 Å². The van der Waals surface area contributed by atoms with Crippen molar-refractivity contribution < 1.29 is 23.5 Å². The van der Waals surface area contributed by atoms with Crippen LogP contribution in [0.3, 0.4) is 0 Å². The van der Waals surface area contributed by atoms with Crippen molar-refractivity contribution in [3.05, 3.63) is 91.2 Å². The lowest BCUT2D eigenvalue weighted by molar-refractivity contribution is -0.122. The van der Waals surface area contributed by atoms with Gasteiger partial charge in [-0.05, 0) is 95.3 Å². The maximum atomic E-state index is 14.4. The van der Waals surface area contributed by atoms with Crippen LogP contribution in [0, 0.1) is 9.39 Å². The summed E-state index contributed by atoms with van der Waals surface area (Å²) in [6.07, 6.45) is 1.43. The molecule has 1 heterocycles. The third-order valence-electron chi connectivity index (χ3n) is 5.13. The number of halogens is 3. The molecule has 0 aromatic heterocycles.